The molecule has 0 aliphatic heterocycles. The summed E-state index contributed by atoms with van der Waals surface area (Å²) in [6, 6.07) is 0. The van der Waals surface area contributed by atoms with Crippen LogP contribution in [0.25, 0.3) is 0 Å². The highest BCUT2D eigenvalue weighted by Gasteiger charge is 2.06. The molecule has 0 aliphatic rings. The first-order valence-electron chi connectivity index (χ1n) is 4.14. The van der Waals surface area contributed by atoms with Gasteiger partial charge in [-0.15, -0.1) is 0 Å². The van der Waals surface area contributed by atoms with Crippen molar-refractivity contribution >= 4 is 17.3 Å². The van der Waals surface area contributed by atoms with Crippen molar-refractivity contribution in [3.8, 4) is 0 Å². The fourth-order valence-electron chi connectivity index (χ4n) is 1.00. The Kier molecular flexibility index (Phi) is 4.96. The van der Waals surface area contributed by atoms with Crippen LogP contribution in [0, 0.1) is 0 Å². The van der Waals surface area contributed by atoms with E-state index >= 15 is 0 Å². The van der Waals surface area contributed by atoms with Crippen molar-refractivity contribution in [2.24, 2.45) is 5.10 Å². The van der Waals surface area contributed by atoms with E-state index in [1.54, 1.807) is 26.0 Å². The number of hydrazone groups is 1. The molecule has 0 fully saturated rings. The molecule has 0 bridgehead atoms. The van der Waals surface area contributed by atoms with Crippen LogP contribution in [0.15, 0.2) is 5.10 Å². The molecule has 0 atom stereocenters. The van der Waals surface area contributed by atoms with Crippen molar-refractivity contribution in [1.82, 2.24) is 5.01 Å². The number of nitrogens with zero attached hydrogens (tertiary/aromatic N) is 2. The van der Waals surface area contributed by atoms with E-state index in [1.165, 1.54) is 6.92 Å². The van der Waals surface area contributed by atoms with Crippen molar-refractivity contribution < 1.29 is 9.59 Å². The lowest BCUT2D eigenvalue weighted by Gasteiger charge is -2.06. The lowest BCUT2D eigenvalue weighted by molar-refractivity contribution is -0.125. The first-order valence-corrected chi connectivity index (χ1v) is 4.14. The summed E-state index contributed by atoms with van der Waals surface area (Å²) in [5.74, 6) is -0.168. The normalized spacial score (nSPS) is 11.2. The van der Waals surface area contributed by atoms with Crippen LogP contribution in [0.2, 0.25) is 0 Å². The van der Waals surface area contributed by atoms with E-state index in [4.69, 9.17) is 0 Å². The molecule has 4 heteroatoms. The van der Waals surface area contributed by atoms with Crippen LogP contribution < -0.4 is 0 Å². The van der Waals surface area contributed by atoms with Gasteiger partial charge in [-0.1, -0.05) is 0 Å². The third-order valence-corrected chi connectivity index (χ3v) is 1.27. The summed E-state index contributed by atoms with van der Waals surface area (Å²) in [5, 5.41) is 5.68. The molecule has 0 radical (unpaired) electrons. The van der Waals surface area contributed by atoms with Gasteiger partial charge < -0.3 is 5.01 Å². The van der Waals surface area contributed by atoms with Gasteiger partial charge in [-0.3, -0.25) is 9.59 Å². The van der Waals surface area contributed by atoms with Gasteiger partial charge in [0, 0.05) is 26.2 Å². The maximum atomic E-state index is 11.1. The number of ketones is 2. The largest absolute Gasteiger partial charge is 0.303 e. The first kappa shape index (κ1) is 11.8. The molecule has 0 spiro atoms. The Morgan fingerprint density at radius 3 is 2.08 bits per heavy atom. The van der Waals surface area contributed by atoms with Crippen molar-refractivity contribution in [3.63, 3.8) is 0 Å². The zero-order valence-electron chi connectivity index (χ0n) is 8.63. The highest BCUT2D eigenvalue weighted by molar-refractivity contribution is 6.07. The molecular formula is C9H16N2O2. The van der Waals surface area contributed by atoms with Gasteiger partial charge >= 0.3 is 0 Å². The Labute approximate surface area is 78.6 Å². The van der Waals surface area contributed by atoms with Gasteiger partial charge in [0.15, 0.2) is 0 Å². The molecular weight excluding hydrogens is 168 g/mol. The van der Waals surface area contributed by atoms with Gasteiger partial charge in [0.2, 0.25) is 0 Å². The predicted octanol–water partition coefficient (Wildman–Crippen LogP) is 0.862. The van der Waals surface area contributed by atoms with E-state index < -0.39 is 0 Å². The molecule has 0 N–H and O–H groups in total. The number of rotatable bonds is 5. The molecule has 0 amide bonds. The maximum absolute atomic E-state index is 11.1. The van der Waals surface area contributed by atoms with Gasteiger partial charge in [-0.25, -0.2) is 0 Å². The molecule has 0 unspecified atom stereocenters. The molecule has 74 valence electrons. The van der Waals surface area contributed by atoms with Gasteiger partial charge in [-0.05, 0) is 13.8 Å². The van der Waals surface area contributed by atoms with Crippen LogP contribution in [0.3, 0.4) is 0 Å². The highest BCUT2D eigenvalue weighted by Crippen LogP contribution is 1.95. The molecule has 0 aromatic carbocycles. The number of carbonyl (C=O) groups excluding carboxylic acids is 2. The first-order chi connectivity index (χ1) is 5.91. The summed E-state index contributed by atoms with van der Waals surface area (Å²) in [6.45, 7) is 3.19. The minimum atomic E-state index is -0.0948. The third kappa shape index (κ3) is 7.18. The van der Waals surface area contributed by atoms with Gasteiger partial charge in [0.25, 0.3) is 0 Å². The molecule has 0 saturated carbocycles. The minimum absolute atomic E-state index is 0.0142. The lowest BCUT2D eigenvalue weighted by Crippen LogP contribution is -2.12. The Hall–Kier alpha value is -1.19. The highest BCUT2D eigenvalue weighted by atomic mass is 16.1. The van der Waals surface area contributed by atoms with Crippen LogP contribution in [-0.4, -0.2) is 36.4 Å². The van der Waals surface area contributed by atoms with E-state index in [9.17, 15) is 9.59 Å². The maximum Gasteiger partial charge on any atom is 0.145 e. The SMILES string of the molecule is CC(=O)CC(=O)CC(C)=NN(C)C. The average molecular weight is 184 g/mol. The van der Waals surface area contributed by atoms with Crippen LogP contribution in [0.5, 0.6) is 0 Å². The summed E-state index contributed by atoms with van der Waals surface area (Å²) in [5.41, 5.74) is 0.733. The minimum Gasteiger partial charge on any atom is -0.303 e. The molecule has 0 aromatic heterocycles. The van der Waals surface area contributed by atoms with Gasteiger partial charge in [0.1, 0.15) is 11.6 Å². The topological polar surface area (TPSA) is 49.7 Å². The summed E-state index contributed by atoms with van der Waals surface area (Å²) in [6.07, 6.45) is 0.276. The van der Waals surface area contributed by atoms with E-state index in [-0.39, 0.29) is 24.4 Å². The summed E-state index contributed by atoms with van der Waals surface area (Å²) >= 11 is 0. The number of carbonyl (C=O) groups is 2. The van der Waals surface area contributed by atoms with Crippen molar-refractivity contribution in [2.75, 3.05) is 14.1 Å². The quantitative estimate of drug-likeness (QED) is 0.362. The Morgan fingerprint density at radius 1 is 1.15 bits per heavy atom. The van der Waals surface area contributed by atoms with E-state index in [0.29, 0.717) is 0 Å². The van der Waals surface area contributed by atoms with Crippen LogP contribution in [0.1, 0.15) is 26.7 Å². The number of Topliss-reactive ketones (excluding diaryl/α,β-unsaturated/α-hetero) is 2. The Morgan fingerprint density at radius 2 is 1.69 bits per heavy atom. The average Bonchev–Trinajstić information content (AvgIpc) is 1.80. The standard InChI is InChI=1S/C9H16N2O2/c1-7(10-11(3)4)5-9(13)6-8(2)12/h5-6H2,1-4H3. The van der Waals surface area contributed by atoms with Crippen LogP contribution in [-0.2, 0) is 9.59 Å². The summed E-state index contributed by atoms with van der Waals surface area (Å²) < 4.78 is 0. The molecule has 13 heavy (non-hydrogen) atoms. The summed E-state index contributed by atoms with van der Waals surface area (Å²) in [7, 11) is 3.58. The van der Waals surface area contributed by atoms with Crippen LogP contribution in [0.4, 0.5) is 0 Å². The van der Waals surface area contributed by atoms with Crippen molar-refractivity contribution in [1.29, 1.82) is 0 Å². The molecule has 0 rings (SSSR count). The van der Waals surface area contributed by atoms with Gasteiger partial charge in [-0.2, -0.15) is 5.10 Å². The van der Waals surface area contributed by atoms with E-state index in [0.717, 1.165) is 5.71 Å². The second-order valence-electron chi connectivity index (χ2n) is 3.28. The third-order valence-electron chi connectivity index (χ3n) is 1.27. The zero-order chi connectivity index (χ0) is 10.4. The second kappa shape index (κ2) is 5.45. The molecule has 4 nitrogen and oxygen atoms in total. The fraction of sp³-hybridized carbons (Fsp3) is 0.667. The number of hydrogen-bond acceptors (Lipinski definition) is 4. The van der Waals surface area contributed by atoms with E-state index in [1.807, 2.05) is 0 Å². The smallest absolute Gasteiger partial charge is 0.145 e. The van der Waals surface area contributed by atoms with Crippen molar-refractivity contribution in [2.45, 2.75) is 26.7 Å². The van der Waals surface area contributed by atoms with Gasteiger partial charge in [0.05, 0.1) is 6.42 Å². The van der Waals surface area contributed by atoms with Crippen LogP contribution >= 0.6 is 0 Å². The predicted molar refractivity (Wildman–Crippen MR) is 51.7 cm³/mol. The lowest BCUT2D eigenvalue weighted by atomic mass is 10.1. The molecule has 0 aliphatic carbocycles. The number of hydrogen-bond donors (Lipinski definition) is 0. The molecule has 0 aromatic rings. The monoisotopic (exact) mass is 184 g/mol. The molecule has 0 saturated heterocycles. The van der Waals surface area contributed by atoms with Crippen molar-refractivity contribution in [3.05, 3.63) is 0 Å². The molecule has 0 heterocycles. The Bertz CT molecular complexity index is 232. The summed E-state index contributed by atoms with van der Waals surface area (Å²) in [4.78, 5) is 21.7. The second-order valence-corrected chi connectivity index (χ2v) is 3.28. The fourth-order valence-corrected chi connectivity index (χ4v) is 1.00. The zero-order valence-corrected chi connectivity index (χ0v) is 8.63. The Balaban J connectivity index is 3.99. The van der Waals surface area contributed by atoms with E-state index in [2.05, 4.69) is 5.10 Å².